The number of rotatable bonds is 5. The van der Waals surface area contributed by atoms with E-state index < -0.39 is 0 Å². The minimum atomic E-state index is -0.389. The first-order chi connectivity index (χ1) is 10.7. The maximum atomic E-state index is 9.83. The zero-order chi connectivity index (χ0) is 15.5. The fourth-order valence-corrected chi connectivity index (χ4v) is 3.84. The second-order valence-corrected chi connectivity index (χ2v) is 6.85. The molecule has 0 bridgehead atoms. The van der Waals surface area contributed by atoms with Gasteiger partial charge in [-0.15, -0.1) is 0 Å². The molecule has 2 fully saturated rings. The molecular weight excluding hydrogens is 280 g/mol. The van der Waals surface area contributed by atoms with Crippen molar-refractivity contribution in [2.75, 3.05) is 6.61 Å². The van der Waals surface area contributed by atoms with E-state index in [0.717, 1.165) is 30.9 Å². The molecule has 22 heavy (non-hydrogen) atoms. The summed E-state index contributed by atoms with van der Waals surface area (Å²) in [6.45, 7) is 0.876. The van der Waals surface area contributed by atoms with Crippen LogP contribution >= 0.6 is 0 Å². The number of aryl methyl sites for hydroxylation is 1. The van der Waals surface area contributed by atoms with Gasteiger partial charge in [-0.3, -0.25) is 0 Å². The number of hydrogen-bond donors (Lipinski definition) is 3. The highest BCUT2D eigenvalue weighted by molar-refractivity contribution is 5.08. The quantitative estimate of drug-likeness (QED) is 0.761. The third-order valence-electron chi connectivity index (χ3n) is 5.19. The lowest BCUT2D eigenvalue weighted by Gasteiger charge is -2.30. The lowest BCUT2D eigenvalue weighted by Crippen LogP contribution is -2.40. The van der Waals surface area contributed by atoms with Gasteiger partial charge in [0.25, 0.3) is 0 Å². The Balaban J connectivity index is 1.80. The molecule has 0 aromatic carbocycles. The molecule has 1 heterocycles. The van der Waals surface area contributed by atoms with E-state index >= 15 is 0 Å². The predicted octanol–water partition coefficient (Wildman–Crippen LogP) is 1.27. The van der Waals surface area contributed by atoms with Gasteiger partial charge in [-0.25, -0.2) is 9.67 Å². The van der Waals surface area contributed by atoms with Crippen molar-refractivity contribution in [1.82, 2.24) is 14.8 Å². The van der Waals surface area contributed by atoms with Crippen LogP contribution in [0.3, 0.4) is 0 Å². The summed E-state index contributed by atoms with van der Waals surface area (Å²) in [6.07, 6.45) is 7.63. The topological polar surface area (TPSA) is 97.2 Å². The highest BCUT2D eigenvalue weighted by Gasteiger charge is 2.32. The Kier molecular flexibility index (Phi) is 5.10. The number of nitrogens with two attached hydrogens (primary N) is 1. The molecular formula is C16H28N4O2. The molecule has 1 aromatic heterocycles. The van der Waals surface area contributed by atoms with Crippen LogP contribution < -0.4 is 5.73 Å². The summed E-state index contributed by atoms with van der Waals surface area (Å²) in [5, 5.41) is 23.7. The molecule has 0 saturated heterocycles. The molecule has 2 aliphatic rings. The van der Waals surface area contributed by atoms with Crippen molar-refractivity contribution < 1.29 is 10.2 Å². The molecule has 2 saturated carbocycles. The fraction of sp³-hybridized carbons (Fsp3) is 0.875. The minimum Gasteiger partial charge on any atom is -0.396 e. The number of hydrogen-bond acceptors (Lipinski definition) is 5. The van der Waals surface area contributed by atoms with Crippen molar-refractivity contribution in [3.05, 3.63) is 11.6 Å². The monoisotopic (exact) mass is 308 g/mol. The molecule has 0 aliphatic heterocycles. The summed E-state index contributed by atoms with van der Waals surface area (Å²) >= 11 is 0. The van der Waals surface area contributed by atoms with Crippen LogP contribution in [0, 0.1) is 0 Å². The Hall–Kier alpha value is -0.980. The number of aliphatic hydroxyl groups excluding tert-OH is 2. The van der Waals surface area contributed by atoms with Gasteiger partial charge in [-0.1, -0.05) is 12.8 Å². The van der Waals surface area contributed by atoms with E-state index in [1.165, 1.54) is 25.7 Å². The summed E-state index contributed by atoms with van der Waals surface area (Å²) < 4.78 is 1.99. The molecule has 0 radical (unpaired) electrons. The molecule has 0 spiro atoms. The van der Waals surface area contributed by atoms with Crippen molar-refractivity contribution in [2.45, 2.75) is 81.9 Å². The molecule has 3 atom stereocenters. The lowest BCUT2D eigenvalue weighted by molar-refractivity contribution is 0.0984. The highest BCUT2D eigenvalue weighted by atomic mass is 16.3. The van der Waals surface area contributed by atoms with Gasteiger partial charge in [0, 0.05) is 31.0 Å². The van der Waals surface area contributed by atoms with Gasteiger partial charge in [0.1, 0.15) is 5.82 Å². The summed E-state index contributed by atoms with van der Waals surface area (Å²) in [5.74, 6) is 2.76. The third-order valence-corrected chi connectivity index (χ3v) is 5.19. The first-order valence-electron chi connectivity index (χ1n) is 8.68. The Labute approximate surface area is 131 Å². The molecule has 6 nitrogen and oxygen atoms in total. The summed E-state index contributed by atoms with van der Waals surface area (Å²) in [5.41, 5.74) is 6.04. The maximum absolute atomic E-state index is 9.83. The Morgan fingerprint density at radius 3 is 2.59 bits per heavy atom. The maximum Gasteiger partial charge on any atom is 0.154 e. The number of aromatic nitrogens is 3. The van der Waals surface area contributed by atoms with E-state index in [9.17, 15) is 5.11 Å². The van der Waals surface area contributed by atoms with E-state index in [2.05, 4.69) is 0 Å². The van der Waals surface area contributed by atoms with Gasteiger partial charge in [0.05, 0.1) is 6.10 Å². The zero-order valence-electron chi connectivity index (χ0n) is 13.2. The average Bonchev–Trinajstić information content (AvgIpc) is 3.16. The molecule has 124 valence electrons. The van der Waals surface area contributed by atoms with Crippen molar-refractivity contribution in [3.8, 4) is 0 Å². The standard InChI is InChI=1S/C16H28N4O2/c17-13-10-12(6-7-14(13)22)16-18-15(11-4-1-2-5-11)19-20(16)8-3-9-21/h11-14,21-22H,1-10,17H2/t12-,13+,14+/m0/s1. The third kappa shape index (κ3) is 3.34. The predicted molar refractivity (Wildman–Crippen MR) is 83.5 cm³/mol. The van der Waals surface area contributed by atoms with E-state index in [4.69, 9.17) is 20.9 Å². The molecule has 1 aromatic rings. The largest absolute Gasteiger partial charge is 0.396 e. The van der Waals surface area contributed by atoms with Crippen LogP contribution in [0.25, 0.3) is 0 Å². The van der Waals surface area contributed by atoms with Crippen LogP contribution in [0.4, 0.5) is 0 Å². The van der Waals surface area contributed by atoms with E-state index in [1.807, 2.05) is 4.68 Å². The van der Waals surface area contributed by atoms with Gasteiger partial charge in [0.2, 0.25) is 0 Å². The molecule has 3 rings (SSSR count). The Morgan fingerprint density at radius 1 is 1.14 bits per heavy atom. The highest BCUT2D eigenvalue weighted by Crippen LogP contribution is 2.35. The Bertz CT molecular complexity index is 484. The van der Waals surface area contributed by atoms with E-state index in [1.54, 1.807) is 0 Å². The van der Waals surface area contributed by atoms with Crippen LogP contribution in [0.1, 0.15) is 74.9 Å². The van der Waals surface area contributed by atoms with Crippen LogP contribution in [-0.4, -0.2) is 43.7 Å². The first-order valence-corrected chi connectivity index (χ1v) is 8.68. The van der Waals surface area contributed by atoms with Gasteiger partial charge in [0.15, 0.2) is 5.82 Å². The normalized spacial score (nSPS) is 30.0. The first kappa shape index (κ1) is 15.9. The van der Waals surface area contributed by atoms with Crippen molar-refractivity contribution in [2.24, 2.45) is 5.73 Å². The van der Waals surface area contributed by atoms with E-state index in [-0.39, 0.29) is 24.7 Å². The van der Waals surface area contributed by atoms with Gasteiger partial charge >= 0.3 is 0 Å². The summed E-state index contributed by atoms with van der Waals surface area (Å²) in [4.78, 5) is 4.86. The van der Waals surface area contributed by atoms with Crippen LogP contribution in [0.15, 0.2) is 0 Å². The van der Waals surface area contributed by atoms with E-state index in [0.29, 0.717) is 18.9 Å². The zero-order valence-corrected chi connectivity index (χ0v) is 13.2. The van der Waals surface area contributed by atoms with Crippen LogP contribution in [0.2, 0.25) is 0 Å². The number of aliphatic hydroxyl groups is 2. The van der Waals surface area contributed by atoms with Crippen molar-refractivity contribution in [3.63, 3.8) is 0 Å². The molecule has 2 aliphatic carbocycles. The lowest BCUT2D eigenvalue weighted by atomic mass is 9.83. The molecule has 4 N–H and O–H groups in total. The number of nitrogens with zero attached hydrogens (tertiary/aromatic N) is 3. The van der Waals surface area contributed by atoms with Gasteiger partial charge in [-0.2, -0.15) is 5.10 Å². The second kappa shape index (κ2) is 7.06. The smallest absolute Gasteiger partial charge is 0.154 e. The minimum absolute atomic E-state index is 0.168. The van der Waals surface area contributed by atoms with Crippen molar-refractivity contribution in [1.29, 1.82) is 0 Å². The summed E-state index contributed by atoms with van der Waals surface area (Å²) in [7, 11) is 0. The van der Waals surface area contributed by atoms with Crippen LogP contribution in [-0.2, 0) is 6.54 Å². The molecule has 0 amide bonds. The van der Waals surface area contributed by atoms with Gasteiger partial charge in [-0.05, 0) is 38.5 Å². The second-order valence-electron chi connectivity index (χ2n) is 6.85. The van der Waals surface area contributed by atoms with Crippen molar-refractivity contribution >= 4 is 0 Å². The molecule has 6 heteroatoms. The summed E-state index contributed by atoms with van der Waals surface area (Å²) in [6, 6.07) is -0.170. The van der Waals surface area contributed by atoms with Crippen LogP contribution in [0.5, 0.6) is 0 Å². The molecule has 0 unspecified atom stereocenters. The fourth-order valence-electron chi connectivity index (χ4n) is 3.84. The Morgan fingerprint density at radius 2 is 1.91 bits per heavy atom. The average molecular weight is 308 g/mol. The SMILES string of the molecule is N[C@@H]1C[C@@H](c2nc(C3CCCC3)nn2CCCO)CC[C@H]1O. The van der Waals surface area contributed by atoms with Gasteiger partial charge < -0.3 is 15.9 Å².